The first kappa shape index (κ1) is 13.0. The van der Waals surface area contributed by atoms with Crippen molar-refractivity contribution >= 4 is 17.3 Å². The Morgan fingerprint density at radius 2 is 2.10 bits per heavy atom. The van der Waals surface area contributed by atoms with E-state index >= 15 is 0 Å². The molecule has 0 spiro atoms. The Morgan fingerprint density at radius 1 is 1.20 bits per heavy atom. The smallest absolute Gasteiger partial charge is 0.306 e. The molecule has 1 aromatic carbocycles. The summed E-state index contributed by atoms with van der Waals surface area (Å²) in [7, 11) is 0. The van der Waals surface area contributed by atoms with Crippen LogP contribution >= 0.6 is 11.3 Å². The number of esters is 1. The lowest BCUT2D eigenvalue weighted by Gasteiger charge is -2.05. The van der Waals surface area contributed by atoms with Crippen LogP contribution < -0.4 is 9.47 Å². The van der Waals surface area contributed by atoms with Crippen molar-refractivity contribution in [1.29, 1.82) is 0 Å². The van der Waals surface area contributed by atoms with E-state index in [0.717, 1.165) is 17.7 Å². The minimum Gasteiger partial charge on any atom is -0.461 e. The van der Waals surface area contributed by atoms with Crippen LogP contribution in [0.4, 0.5) is 0 Å². The molecule has 0 radical (unpaired) electrons. The number of carbonyl (C=O) groups excluding carboxylic acids is 1. The van der Waals surface area contributed by atoms with Crippen LogP contribution in [-0.2, 0) is 22.6 Å². The van der Waals surface area contributed by atoms with Crippen molar-refractivity contribution in [2.75, 3.05) is 6.79 Å². The molecule has 0 unspecified atom stereocenters. The number of hydrogen-bond acceptors (Lipinski definition) is 5. The highest BCUT2D eigenvalue weighted by molar-refractivity contribution is 7.07. The van der Waals surface area contributed by atoms with Crippen molar-refractivity contribution in [3.8, 4) is 11.5 Å². The molecule has 2 aromatic rings. The van der Waals surface area contributed by atoms with Crippen LogP contribution in [0.15, 0.2) is 35.0 Å². The lowest BCUT2D eigenvalue weighted by molar-refractivity contribution is -0.144. The van der Waals surface area contributed by atoms with Crippen molar-refractivity contribution < 1.29 is 19.0 Å². The lowest BCUT2D eigenvalue weighted by atomic mass is 10.2. The standard InChI is InChI=1S/C15H14O4S/c16-15(4-2-11-5-6-20-9-11)17-8-12-1-3-13-14(7-12)19-10-18-13/h1,3,5-7,9H,2,4,8,10H2. The predicted octanol–water partition coefficient (Wildman–Crippen LogP) is 3.15. The average Bonchev–Trinajstić information content (AvgIpc) is 3.13. The van der Waals surface area contributed by atoms with E-state index < -0.39 is 0 Å². The van der Waals surface area contributed by atoms with E-state index in [1.165, 1.54) is 5.56 Å². The molecular formula is C15H14O4S. The largest absolute Gasteiger partial charge is 0.461 e. The zero-order chi connectivity index (χ0) is 13.8. The van der Waals surface area contributed by atoms with Gasteiger partial charge in [0.1, 0.15) is 6.61 Å². The molecule has 0 atom stereocenters. The van der Waals surface area contributed by atoms with Crippen molar-refractivity contribution in [3.05, 3.63) is 46.2 Å². The van der Waals surface area contributed by atoms with Gasteiger partial charge in [0.25, 0.3) is 0 Å². The summed E-state index contributed by atoms with van der Waals surface area (Å²) in [6, 6.07) is 7.57. The number of thiophene rings is 1. The quantitative estimate of drug-likeness (QED) is 0.794. The molecule has 0 saturated heterocycles. The van der Waals surface area contributed by atoms with E-state index in [-0.39, 0.29) is 19.4 Å². The Labute approximate surface area is 120 Å². The van der Waals surface area contributed by atoms with Crippen LogP contribution in [0.1, 0.15) is 17.5 Å². The van der Waals surface area contributed by atoms with Crippen molar-refractivity contribution in [1.82, 2.24) is 0 Å². The van der Waals surface area contributed by atoms with Gasteiger partial charge in [-0.15, -0.1) is 0 Å². The summed E-state index contributed by atoms with van der Waals surface area (Å²) in [6.07, 6.45) is 1.13. The van der Waals surface area contributed by atoms with Crippen molar-refractivity contribution in [3.63, 3.8) is 0 Å². The van der Waals surface area contributed by atoms with E-state index in [9.17, 15) is 4.79 Å². The highest BCUT2D eigenvalue weighted by Crippen LogP contribution is 2.32. The van der Waals surface area contributed by atoms with Crippen molar-refractivity contribution in [2.45, 2.75) is 19.4 Å². The van der Waals surface area contributed by atoms with Gasteiger partial charge >= 0.3 is 5.97 Å². The fraction of sp³-hybridized carbons (Fsp3) is 0.267. The van der Waals surface area contributed by atoms with Crippen LogP contribution in [-0.4, -0.2) is 12.8 Å². The fourth-order valence-corrected chi connectivity index (χ4v) is 2.65. The van der Waals surface area contributed by atoms with Gasteiger partial charge in [-0.2, -0.15) is 11.3 Å². The third-order valence-electron chi connectivity index (χ3n) is 3.03. The molecule has 0 saturated carbocycles. The lowest BCUT2D eigenvalue weighted by Crippen LogP contribution is -2.05. The molecule has 3 rings (SSSR count). The number of hydrogen-bond donors (Lipinski definition) is 0. The molecule has 0 fully saturated rings. The second kappa shape index (κ2) is 5.96. The summed E-state index contributed by atoms with van der Waals surface area (Å²) in [6.45, 7) is 0.512. The molecule has 0 aliphatic carbocycles. The first-order valence-electron chi connectivity index (χ1n) is 6.36. The molecule has 0 bridgehead atoms. The molecule has 104 valence electrons. The summed E-state index contributed by atoms with van der Waals surface area (Å²) < 4.78 is 15.8. The summed E-state index contributed by atoms with van der Waals surface area (Å²) in [5.41, 5.74) is 2.08. The predicted molar refractivity (Wildman–Crippen MR) is 75.0 cm³/mol. The van der Waals surface area contributed by atoms with Crippen LogP contribution in [0, 0.1) is 0 Å². The SMILES string of the molecule is O=C(CCc1ccsc1)OCc1ccc2c(c1)OCO2. The number of fused-ring (bicyclic) bond motifs is 1. The highest BCUT2D eigenvalue weighted by Gasteiger charge is 2.13. The topological polar surface area (TPSA) is 44.8 Å². The minimum atomic E-state index is -0.186. The summed E-state index contributed by atoms with van der Waals surface area (Å²) >= 11 is 1.63. The normalized spacial score (nSPS) is 12.4. The Bertz CT molecular complexity index is 592. The Kier molecular flexibility index (Phi) is 3.87. The Hall–Kier alpha value is -2.01. The van der Waals surface area contributed by atoms with Gasteiger partial charge < -0.3 is 14.2 Å². The first-order valence-corrected chi connectivity index (χ1v) is 7.31. The van der Waals surface area contributed by atoms with E-state index in [1.807, 2.05) is 35.0 Å². The zero-order valence-electron chi connectivity index (χ0n) is 10.8. The zero-order valence-corrected chi connectivity index (χ0v) is 11.7. The molecule has 1 aliphatic heterocycles. The van der Waals surface area contributed by atoms with Crippen LogP contribution in [0.5, 0.6) is 11.5 Å². The third-order valence-corrected chi connectivity index (χ3v) is 3.77. The number of carbonyl (C=O) groups is 1. The molecule has 1 aliphatic rings. The summed E-state index contributed by atoms with van der Waals surface area (Å²) in [5.74, 6) is 1.25. The van der Waals surface area contributed by atoms with Crippen molar-refractivity contribution in [2.24, 2.45) is 0 Å². The molecule has 1 aromatic heterocycles. The van der Waals surface area contributed by atoms with Crippen LogP contribution in [0.25, 0.3) is 0 Å². The van der Waals surface area contributed by atoms with Gasteiger partial charge in [-0.1, -0.05) is 6.07 Å². The summed E-state index contributed by atoms with van der Waals surface area (Å²) in [4.78, 5) is 11.7. The van der Waals surface area contributed by atoms with Crippen LogP contribution in [0.3, 0.4) is 0 Å². The molecule has 5 heteroatoms. The number of aryl methyl sites for hydroxylation is 1. The van der Waals surface area contributed by atoms with Gasteiger partial charge in [-0.25, -0.2) is 0 Å². The van der Waals surface area contributed by atoms with Gasteiger partial charge in [0.05, 0.1) is 0 Å². The Morgan fingerprint density at radius 3 is 2.95 bits per heavy atom. The van der Waals surface area contributed by atoms with E-state index in [2.05, 4.69) is 0 Å². The molecule has 0 amide bonds. The van der Waals surface area contributed by atoms with E-state index in [4.69, 9.17) is 14.2 Å². The number of benzene rings is 1. The monoisotopic (exact) mass is 290 g/mol. The Balaban J connectivity index is 1.48. The van der Waals surface area contributed by atoms with Crippen LogP contribution in [0.2, 0.25) is 0 Å². The minimum absolute atomic E-state index is 0.186. The van der Waals surface area contributed by atoms with Gasteiger partial charge in [-0.05, 0) is 46.5 Å². The maximum absolute atomic E-state index is 11.7. The molecular weight excluding hydrogens is 276 g/mol. The van der Waals surface area contributed by atoms with E-state index in [0.29, 0.717) is 12.2 Å². The average molecular weight is 290 g/mol. The highest BCUT2D eigenvalue weighted by atomic mass is 32.1. The molecule has 4 nitrogen and oxygen atoms in total. The maximum atomic E-state index is 11.7. The number of ether oxygens (including phenoxy) is 3. The third kappa shape index (κ3) is 3.11. The molecule has 20 heavy (non-hydrogen) atoms. The fourth-order valence-electron chi connectivity index (χ4n) is 1.95. The van der Waals surface area contributed by atoms with Gasteiger partial charge in [-0.3, -0.25) is 4.79 Å². The van der Waals surface area contributed by atoms with E-state index in [1.54, 1.807) is 11.3 Å². The van der Waals surface area contributed by atoms with Gasteiger partial charge in [0.15, 0.2) is 11.5 Å². The van der Waals surface area contributed by atoms with Gasteiger partial charge in [0.2, 0.25) is 6.79 Å². The summed E-state index contributed by atoms with van der Waals surface area (Å²) in [5, 5.41) is 4.05. The number of rotatable bonds is 5. The maximum Gasteiger partial charge on any atom is 0.306 e. The molecule has 0 N–H and O–H groups in total. The first-order chi connectivity index (χ1) is 9.81. The second-order valence-electron chi connectivity index (χ2n) is 4.48. The second-order valence-corrected chi connectivity index (χ2v) is 5.26. The molecule has 2 heterocycles. The van der Waals surface area contributed by atoms with Gasteiger partial charge in [0, 0.05) is 6.42 Å².